The minimum atomic E-state index is -4.59. The van der Waals surface area contributed by atoms with Crippen LogP contribution in [0.1, 0.15) is 21.5 Å². The molecule has 0 saturated heterocycles. The molecular formula is C24H15Cl2F3N2O2. The van der Waals surface area contributed by atoms with Gasteiger partial charge in [-0.1, -0.05) is 40.9 Å². The van der Waals surface area contributed by atoms with Crippen molar-refractivity contribution < 1.29 is 18.0 Å². The van der Waals surface area contributed by atoms with Crippen LogP contribution in [0.25, 0.3) is 22.0 Å². The van der Waals surface area contributed by atoms with E-state index in [2.05, 4.69) is 10.3 Å². The maximum Gasteiger partial charge on any atom is 0.416 e. The Labute approximate surface area is 196 Å². The second-order valence-corrected chi connectivity index (χ2v) is 8.20. The lowest BCUT2D eigenvalue weighted by Gasteiger charge is -2.14. The highest BCUT2D eigenvalue weighted by molar-refractivity contribution is 6.41. The van der Waals surface area contributed by atoms with Gasteiger partial charge in [-0.05, 0) is 60.8 Å². The van der Waals surface area contributed by atoms with Crippen LogP contribution in [0.5, 0.6) is 0 Å². The molecule has 0 spiro atoms. The van der Waals surface area contributed by atoms with Crippen LogP contribution in [0.4, 0.5) is 18.9 Å². The summed E-state index contributed by atoms with van der Waals surface area (Å²) in [6, 6.07) is 14.1. The predicted molar refractivity (Wildman–Crippen MR) is 124 cm³/mol. The van der Waals surface area contributed by atoms with Gasteiger partial charge in [0.15, 0.2) is 0 Å². The second-order valence-electron chi connectivity index (χ2n) is 7.42. The van der Waals surface area contributed by atoms with E-state index in [9.17, 15) is 22.8 Å². The lowest BCUT2D eigenvalue weighted by Crippen LogP contribution is -2.15. The van der Waals surface area contributed by atoms with Crippen LogP contribution in [0.15, 0.2) is 65.5 Å². The van der Waals surface area contributed by atoms with E-state index in [1.807, 2.05) is 19.1 Å². The molecule has 0 fully saturated rings. The molecule has 0 bridgehead atoms. The molecule has 168 valence electrons. The number of aromatic amines is 1. The fourth-order valence-corrected chi connectivity index (χ4v) is 4.06. The monoisotopic (exact) mass is 490 g/mol. The third-order valence-corrected chi connectivity index (χ3v) is 5.77. The molecule has 3 aromatic carbocycles. The van der Waals surface area contributed by atoms with Gasteiger partial charge in [0.2, 0.25) is 0 Å². The minimum Gasteiger partial charge on any atom is -0.321 e. The van der Waals surface area contributed by atoms with E-state index < -0.39 is 23.2 Å². The van der Waals surface area contributed by atoms with Crippen molar-refractivity contribution in [2.45, 2.75) is 13.1 Å². The number of aryl methyl sites for hydroxylation is 1. The molecule has 4 nitrogen and oxygen atoms in total. The van der Waals surface area contributed by atoms with Crippen molar-refractivity contribution in [3.05, 3.63) is 97.8 Å². The molecule has 0 aliphatic carbocycles. The Hall–Kier alpha value is -3.29. The van der Waals surface area contributed by atoms with Crippen molar-refractivity contribution >= 4 is 45.7 Å². The van der Waals surface area contributed by atoms with E-state index >= 15 is 0 Å². The van der Waals surface area contributed by atoms with Gasteiger partial charge in [-0.15, -0.1) is 0 Å². The fraction of sp³-hybridized carbons (Fsp3) is 0.0833. The van der Waals surface area contributed by atoms with Gasteiger partial charge < -0.3 is 10.3 Å². The Balaban J connectivity index is 1.76. The van der Waals surface area contributed by atoms with Crippen LogP contribution in [-0.4, -0.2) is 10.9 Å². The SMILES string of the molecule is Cc1ccc2[nH]c(=O)c(-c3c(Cl)ccc(NC(=O)c4cccc(C(F)(F)F)c4)c3Cl)cc2c1. The number of anilines is 1. The number of carbonyl (C=O) groups is 1. The van der Waals surface area contributed by atoms with Crippen LogP contribution in [0.3, 0.4) is 0 Å². The van der Waals surface area contributed by atoms with Crippen LogP contribution in [0, 0.1) is 6.92 Å². The number of amides is 1. The van der Waals surface area contributed by atoms with Crippen molar-refractivity contribution in [2.24, 2.45) is 0 Å². The molecular weight excluding hydrogens is 476 g/mol. The van der Waals surface area contributed by atoms with Gasteiger partial charge in [0.1, 0.15) is 0 Å². The average molecular weight is 491 g/mol. The van der Waals surface area contributed by atoms with E-state index in [1.54, 1.807) is 12.1 Å². The first-order valence-electron chi connectivity index (χ1n) is 9.65. The third-order valence-electron chi connectivity index (χ3n) is 5.06. The molecule has 0 aliphatic heterocycles. The number of nitrogens with one attached hydrogen (secondary N) is 2. The number of H-pyrrole nitrogens is 1. The Morgan fingerprint density at radius 2 is 1.76 bits per heavy atom. The molecule has 1 aromatic heterocycles. The Morgan fingerprint density at radius 3 is 2.48 bits per heavy atom. The molecule has 0 radical (unpaired) electrons. The summed E-state index contributed by atoms with van der Waals surface area (Å²) in [7, 11) is 0. The van der Waals surface area contributed by atoms with Crippen molar-refractivity contribution in [3.8, 4) is 11.1 Å². The average Bonchev–Trinajstić information content (AvgIpc) is 2.76. The summed E-state index contributed by atoms with van der Waals surface area (Å²) >= 11 is 12.8. The summed E-state index contributed by atoms with van der Waals surface area (Å²) in [6.07, 6.45) is -4.59. The summed E-state index contributed by atoms with van der Waals surface area (Å²) in [4.78, 5) is 28.1. The van der Waals surface area contributed by atoms with Crippen LogP contribution >= 0.6 is 23.2 Å². The Bertz CT molecular complexity index is 1460. The van der Waals surface area contributed by atoms with E-state index in [0.29, 0.717) is 5.52 Å². The summed E-state index contributed by atoms with van der Waals surface area (Å²) in [5.41, 5.74) is 0.532. The molecule has 1 amide bonds. The maximum absolute atomic E-state index is 13.0. The van der Waals surface area contributed by atoms with Crippen LogP contribution < -0.4 is 10.9 Å². The highest BCUT2D eigenvalue weighted by atomic mass is 35.5. The highest BCUT2D eigenvalue weighted by Gasteiger charge is 2.31. The number of hydrogen-bond acceptors (Lipinski definition) is 2. The minimum absolute atomic E-state index is 0.0136. The zero-order valence-electron chi connectivity index (χ0n) is 17.0. The summed E-state index contributed by atoms with van der Waals surface area (Å²) < 4.78 is 38.9. The molecule has 0 saturated carbocycles. The molecule has 0 aliphatic rings. The zero-order valence-corrected chi connectivity index (χ0v) is 18.5. The van der Waals surface area contributed by atoms with Crippen molar-refractivity contribution in [3.63, 3.8) is 0 Å². The molecule has 9 heteroatoms. The number of hydrogen-bond donors (Lipinski definition) is 2. The number of pyridine rings is 1. The molecule has 4 rings (SSSR count). The molecule has 33 heavy (non-hydrogen) atoms. The maximum atomic E-state index is 13.0. The quantitative estimate of drug-likeness (QED) is 0.322. The predicted octanol–water partition coefficient (Wildman–Crippen LogP) is 7.08. The van der Waals surface area contributed by atoms with Crippen LogP contribution in [0.2, 0.25) is 10.0 Å². The van der Waals surface area contributed by atoms with Gasteiger partial charge in [0.25, 0.3) is 11.5 Å². The van der Waals surface area contributed by atoms with Crippen molar-refractivity contribution in [1.29, 1.82) is 0 Å². The van der Waals surface area contributed by atoms with Crippen LogP contribution in [-0.2, 0) is 6.18 Å². The first-order valence-corrected chi connectivity index (χ1v) is 10.4. The Kier molecular flexibility index (Phi) is 5.95. The van der Waals surface area contributed by atoms with E-state index in [4.69, 9.17) is 23.2 Å². The number of rotatable bonds is 3. The van der Waals surface area contributed by atoms with E-state index in [0.717, 1.165) is 29.1 Å². The first kappa shape index (κ1) is 22.9. The molecule has 1 heterocycles. The first-order chi connectivity index (χ1) is 15.5. The van der Waals surface area contributed by atoms with Gasteiger partial charge >= 0.3 is 6.18 Å². The van der Waals surface area contributed by atoms with Gasteiger partial charge in [-0.2, -0.15) is 13.2 Å². The zero-order chi connectivity index (χ0) is 23.9. The van der Waals surface area contributed by atoms with Gasteiger partial charge in [0.05, 0.1) is 26.9 Å². The van der Waals surface area contributed by atoms with Gasteiger partial charge in [-0.3, -0.25) is 9.59 Å². The number of benzene rings is 3. The lowest BCUT2D eigenvalue weighted by molar-refractivity contribution is -0.137. The molecule has 2 N–H and O–H groups in total. The number of alkyl halides is 3. The number of carbonyl (C=O) groups excluding carboxylic acids is 1. The standard InChI is InChI=1S/C24H15Cl2F3N2O2/c1-12-5-7-18-14(9-12)11-16(23(33)30-18)20-17(25)6-8-19(21(20)26)31-22(32)13-3-2-4-15(10-13)24(27,28)29/h2-11H,1H3,(H,30,33)(H,31,32). The highest BCUT2D eigenvalue weighted by Crippen LogP contribution is 2.39. The van der Waals surface area contributed by atoms with Gasteiger partial charge in [0, 0.05) is 16.6 Å². The second kappa shape index (κ2) is 8.57. The van der Waals surface area contributed by atoms with Gasteiger partial charge in [-0.25, -0.2) is 0 Å². The van der Waals surface area contributed by atoms with Crippen molar-refractivity contribution in [2.75, 3.05) is 5.32 Å². The number of halogens is 5. The number of fused-ring (bicyclic) bond motifs is 1. The lowest BCUT2D eigenvalue weighted by atomic mass is 10.0. The topological polar surface area (TPSA) is 62.0 Å². The normalized spacial score (nSPS) is 11.6. The summed E-state index contributed by atoms with van der Waals surface area (Å²) in [5, 5.41) is 3.42. The molecule has 0 atom stereocenters. The summed E-state index contributed by atoms with van der Waals surface area (Å²) in [5.74, 6) is -0.792. The molecule has 4 aromatic rings. The third kappa shape index (κ3) is 4.60. The smallest absolute Gasteiger partial charge is 0.321 e. The fourth-order valence-electron chi connectivity index (χ4n) is 3.44. The van der Waals surface area contributed by atoms with E-state index in [-0.39, 0.29) is 32.4 Å². The Morgan fingerprint density at radius 1 is 1.00 bits per heavy atom. The largest absolute Gasteiger partial charge is 0.416 e. The number of aromatic nitrogens is 1. The molecule has 0 unspecified atom stereocenters. The van der Waals surface area contributed by atoms with E-state index in [1.165, 1.54) is 18.2 Å². The van der Waals surface area contributed by atoms with Crippen molar-refractivity contribution in [1.82, 2.24) is 4.98 Å². The summed E-state index contributed by atoms with van der Waals surface area (Å²) in [6.45, 7) is 1.91.